The fourth-order valence-corrected chi connectivity index (χ4v) is 1.71. The number of hydrogen-bond donors (Lipinski definition) is 2. The van der Waals surface area contributed by atoms with Crippen LogP contribution in [0.15, 0.2) is 12.4 Å². The molecule has 0 saturated heterocycles. The highest BCUT2D eigenvalue weighted by Crippen LogP contribution is 2.35. The first-order valence-electron chi connectivity index (χ1n) is 5.66. The molecule has 0 amide bonds. The van der Waals surface area contributed by atoms with Gasteiger partial charge in [0.2, 0.25) is 0 Å². The number of hydrogen-bond acceptors (Lipinski definition) is 4. The van der Waals surface area contributed by atoms with Gasteiger partial charge < -0.3 is 11.1 Å². The summed E-state index contributed by atoms with van der Waals surface area (Å²) in [6.45, 7) is 1.60. The first-order valence-corrected chi connectivity index (χ1v) is 5.66. The summed E-state index contributed by atoms with van der Waals surface area (Å²) in [5.41, 5.74) is 6.62. The van der Waals surface area contributed by atoms with Gasteiger partial charge in [-0.05, 0) is 25.8 Å². The predicted octanol–water partition coefficient (Wildman–Crippen LogP) is 1.50. The van der Waals surface area contributed by atoms with Crippen LogP contribution in [0.1, 0.15) is 37.3 Å². The van der Waals surface area contributed by atoms with Crippen LogP contribution in [-0.2, 0) is 0 Å². The van der Waals surface area contributed by atoms with E-state index in [0.29, 0.717) is 12.5 Å². The van der Waals surface area contributed by atoms with E-state index in [1.807, 2.05) is 0 Å². The summed E-state index contributed by atoms with van der Waals surface area (Å²) in [6.07, 6.45) is 6.52. The molecule has 1 aromatic rings. The molecule has 0 atom stereocenters. The lowest BCUT2D eigenvalue weighted by molar-refractivity contribution is 0.411. The van der Waals surface area contributed by atoms with E-state index in [4.69, 9.17) is 5.73 Å². The minimum Gasteiger partial charge on any atom is -0.370 e. The maximum atomic E-state index is 5.43. The third-order valence-corrected chi connectivity index (χ3v) is 2.90. The van der Waals surface area contributed by atoms with Crippen LogP contribution in [-0.4, -0.2) is 23.1 Å². The topological polar surface area (TPSA) is 63.8 Å². The summed E-state index contributed by atoms with van der Waals surface area (Å²) in [5.74, 6) is 1.60. The average Bonchev–Trinajstić information content (AvgIpc) is 2.16. The van der Waals surface area contributed by atoms with Crippen molar-refractivity contribution >= 4 is 5.82 Å². The molecule has 0 unspecified atom stereocenters. The third kappa shape index (κ3) is 2.65. The fraction of sp³-hybridized carbons (Fsp3) is 0.636. The Morgan fingerprint density at radius 1 is 1.40 bits per heavy atom. The van der Waals surface area contributed by atoms with Crippen molar-refractivity contribution in [3.8, 4) is 0 Å². The number of nitrogens with two attached hydrogens (primary N) is 1. The van der Waals surface area contributed by atoms with Gasteiger partial charge in [-0.25, -0.2) is 9.97 Å². The van der Waals surface area contributed by atoms with Gasteiger partial charge in [0.25, 0.3) is 0 Å². The van der Waals surface area contributed by atoms with E-state index in [-0.39, 0.29) is 0 Å². The van der Waals surface area contributed by atoms with Gasteiger partial charge in [-0.15, -0.1) is 0 Å². The highest BCUT2D eigenvalue weighted by molar-refractivity contribution is 5.36. The molecule has 0 bridgehead atoms. The van der Waals surface area contributed by atoms with Crippen molar-refractivity contribution in [2.75, 3.05) is 18.4 Å². The van der Waals surface area contributed by atoms with Gasteiger partial charge in [-0.1, -0.05) is 6.42 Å². The van der Waals surface area contributed by atoms with Crippen molar-refractivity contribution in [2.24, 2.45) is 5.73 Å². The molecule has 1 heterocycles. The quantitative estimate of drug-likeness (QED) is 0.717. The van der Waals surface area contributed by atoms with Gasteiger partial charge in [-0.2, -0.15) is 0 Å². The molecule has 82 valence electrons. The lowest BCUT2D eigenvalue weighted by Crippen LogP contribution is -2.13. The highest BCUT2D eigenvalue weighted by Gasteiger charge is 2.20. The maximum Gasteiger partial charge on any atom is 0.129 e. The molecule has 1 aliphatic rings. The Morgan fingerprint density at radius 2 is 2.27 bits per heavy atom. The van der Waals surface area contributed by atoms with Crippen molar-refractivity contribution in [1.82, 2.24) is 9.97 Å². The van der Waals surface area contributed by atoms with Crippen molar-refractivity contribution in [3.63, 3.8) is 0 Å². The Labute approximate surface area is 90.3 Å². The van der Waals surface area contributed by atoms with Crippen LogP contribution in [0.5, 0.6) is 0 Å². The predicted molar refractivity (Wildman–Crippen MR) is 60.8 cm³/mol. The third-order valence-electron chi connectivity index (χ3n) is 2.90. The van der Waals surface area contributed by atoms with E-state index in [0.717, 1.165) is 18.8 Å². The van der Waals surface area contributed by atoms with Crippen molar-refractivity contribution in [1.29, 1.82) is 0 Å². The molecule has 0 spiro atoms. The zero-order valence-electron chi connectivity index (χ0n) is 8.95. The number of aromatic nitrogens is 2. The van der Waals surface area contributed by atoms with E-state index >= 15 is 0 Å². The number of nitrogens with one attached hydrogen (secondary N) is 1. The molecule has 3 N–H and O–H groups in total. The smallest absolute Gasteiger partial charge is 0.129 e. The number of nitrogens with zero attached hydrogens (tertiary/aromatic N) is 2. The average molecular weight is 206 g/mol. The molecule has 1 aliphatic carbocycles. The molecule has 1 saturated carbocycles. The van der Waals surface area contributed by atoms with E-state index in [9.17, 15) is 0 Å². The van der Waals surface area contributed by atoms with E-state index in [1.165, 1.54) is 25.0 Å². The van der Waals surface area contributed by atoms with Crippen LogP contribution in [0.25, 0.3) is 0 Å². The molecule has 15 heavy (non-hydrogen) atoms. The summed E-state index contributed by atoms with van der Waals surface area (Å²) in [6, 6.07) is 2.07. The monoisotopic (exact) mass is 206 g/mol. The Kier molecular flexibility index (Phi) is 3.50. The molecular formula is C11H18N4. The Morgan fingerprint density at radius 3 is 2.93 bits per heavy atom. The first-order chi connectivity index (χ1) is 7.40. The highest BCUT2D eigenvalue weighted by atomic mass is 15.0. The number of rotatable bonds is 5. The summed E-state index contributed by atoms with van der Waals surface area (Å²) < 4.78 is 0. The number of anilines is 1. The van der Waals surface area contributed by atoms with Crippen LogP contribution in [0.4, 0.5) is 5.82 Å². The van der Waals surface area contributed by atoms with Crippen LogP contribution in [0.2, 0.25) is 0 Å². The lowest BCUT2D eigenvalue weighted by atomic mass is 9.83. The molecular weight excluding hydrogens is 188 g/mol. The largest absolute Gasteiger partial charge is 0.370 e. The van der Waals surface area contributed by atoms with Gasteiger partial charge in [0, 0.05) is 24.2 Å². The minimum atomic E-state index is 0.669. The van der Waals surface area contributed by atoms with E-state index in [2.05, 4.69) is 21.4 Å². The van der Waals surface area contributed by atoms with Gasteiger partial charge in [-0.3, -0.25) is 0 Å². The van der Waals surface area contributed by atoms with Crippen molar-refractivity contribution in [2.45, 2.75) is 31.6 Å². The zero-order valence-corrected chi connectivity index (χ0v) is 8.95. The second-order valence-electron chi connectivity index (χ2n) is 4.02. The van der Waals surface area contributed by atoms with Gasteiger partial charge in [0.1, 0.15) is 12.1 Å². The first kappa shape index (κ1) is 10.4. The molecule has 2 rings (SSSR count). The fourth-order valence-electron chi connectivity index (χ4n) is 1.71. The molecule has 1 aromatic heterocycles. The maximum absolute atomic E-state index is 5.43. The Balaban J connectivity index is 1.92. The summed E-state index contributed by atoms with van der Waals surface area (Å²) >= 11 is 0. The zero-order chi connectivity index (χ0) is 10.5. The normalized spacial score (nSPS) is 16.1. The summed E-state index contributed by atoms with van der Waals surface area (Å²) in [7, 11) is 0. The van der Waals surface area contributed by atoms with Crippen LogP contribution in [0.3, 0.4) is 0 Å². The second kappa shape index (κ2) is 5.07. The van der Waals surface area contributed by atoms with Gasteiger partial charge >= 0.3 is 0 Å². The van der Waals surface area contributed by atoms with E-state index < -0.39 is 0 Å². The Bertz CT molecular complexity index is 309. The minimum absolute atomic E-state index is 0.669. The lowest BCUT2D eigenvalue weighted by Gasteiger charge is -2.24. The Hall–Kier alpha value is -1.16. The summed E-state index contributed by atoms with van der Waals surface area (Å²) in [4.78, 5) is 8.50. The molecule has 4 nitrogen and oxygen atoms in total. The van der Waals surface area contributed by atoms with Crippen LogP contribution < -0.4 is 11.1 Å². The molecule has 0 aliphatic heterocycles. The van der Waals surface area contributed by atoms with Crippen molar-refractivity contribution in [3.05, 3.63) is 18.1 Å². The second-order valence-corrected chi connectivity index (χ2v) is 4.02. The SMILES string of the molecule is NCCCNc1cc(C2CCC2)ncn1. The molecule has 0 aromatic carbocycles. The summed E-state index contributed by atoms with van der Waals surface area (Å²) in [5, 5.41) is 3.26. The van der Waals surface area contributed by atoms with Gasteiger partial charge in [0.05, 0.1) is 0 Å². The standard InChI is InChI=1S/C11H18N4/c12-5-2-6-13-11-7-10(14-8-15-11)9-3-1-4-9/h7-9H,1-6,12H2,(H,13,14,15). The molecule has 4 heteroatoms. The van der Waals surface area contributed by atoms with Crippen LogP contribution >= 0.6 is 0 Å². The van der Waals surface area contributed by atoms with Crippen molar-refractivity contribution < 1.29 is 0 Å². The van der Waals surface area contributed by atoms with Crippen LogP contribution in [0, 0.1) is 0 Å². The molecule has 0 radical (unpaired) electrons. The van der Waals surface area contributed by atoms with E-state index in [1.54, 1.807) is 6.33 Å². The van der Waals surface area contributed by atoms with Gasteiger partial charge in [0.15, 0.2) is 0 Å². The molecule has 1 fully saturated rings.